The van der Waals surface area contributed by atoms with E-state index in [1.165, 1.54) is 0 Å². The summed E-state index contributed by atoms with van der Waals surface area (Å²) in [6.45, 7) is 0. The lowest BCUT2D eigenvalue weighted by Gasteiger charge is -2.08. The SMILES string of the molecule is COc1ccc2c(c1)=NC=2c1nccs1. The number of hydrogen-bond donors (Lipinski definition) is 0. The highest BCUT2D eigenvalue weighted by Gasteiger charge is 2.12. The Morgan fingerprint density at radius 1 is 1.33 bits per heavy atom. The van der Waals surface area contributed by atoms with Crippen LogP contribution in [0.25, 0.3) is 5.70 Å². The van der Waals surface area contributed by atoms with Crippen LogP contribution in [-0.2, 0) is 0 Å². The maximum absolute atomic E-state index is 5.13. The fourth-order valence-electron chi connectivity index (χ4n) is 1.56. The van der Waals surface area contributed by atoms with Crippen molar-refractivity contribution in [2.45, 2.75) is 0 Å². The number of ether oxygens (including phenoxy) is 1. The molecule has 1 aromatic carbocycles. The molecule has 0 aliphatic carbocycles. The van der Waals surface area contributed by atoms with Crippen LogP contribution in [0.15, 0.2) is 34.8 Å². The van der Waals surface area contributed by atoms with E-state index in [-0.39, 0.29) is 0 Å². The average molecular weight is 216 g/mol. The summed E-state index contributed by atoms with van der Waals surface area (Å²) in [4.78, 5) is 8.66. The van der Waals surface area contributed by atoms with E-state index in [1.54, 1.807) is 24.6 Å². The lowest BCUT2D eigenvalue weighted by molar-refractivity contribution is 0.414. The molecule has 1 aromatic heterocycles. The van der Waals surface area contributed by atoms with Crippen LogP contribution >= 0.6 is 11.3 Å². The molecule has 15 heavy (non-hydrogen) atoms. The minimum Gasteiger partial charge on any atom is -0.497 e. The maximum Gasteiger partial charge on any atom is 0.142 e. The van der Waals surface area contributed by atoms with Crippen LogP contribution in [0.4, 0.5) is 0 Å². The fraction of sp³-hybridized carbons (Fsp3) is 0.0909. The normalized spacial score (nSPS) is 12.7. The van der Waals surface area contributed by atoms with E-state index in [1.807, 2.05) is 23.6 Å². The van der Waals surface area contributed by atoms with Crippen molar-refractivity contribution in [3.8, 4) is 5.75 Å². The van der Waals surface area contributed by atoms with Gasteiger partial charge in [-0.2, -0.15) is 0 Å². The first-order chi connectivity index (χ1) is 7.38. The lowest BCUT2D eigenvalue weighted by atomic mass is 10.1. The number of thiazole rings is 1. The van der Waals surface area contributed by atoms with Crippen molar-refractivity contribution >= 4 is 17.0 Å². The van der Waals surface area contributed by atoms with E-state index in [9.17, 15) is 0 Å². The monoisotopic (exact) mass is 216 g/mol. The van der Waals surface area contributed by atoms with Crippen LogP contribution in [-0.4, -0.2) is 12.1 Å². The second kappa shape index (κ2) is 3.17. The molecule has 2 aromatic rings. The highest BCUT2D eigenvalue weighted by atomic mass is 32.1. The van der Waals surface area contributed by atoms with Crippen LogP contribution in [0, 0.1) is 0 Å². The summed E-state index contributed by atoms with van der Waals surface area (Å²) in [6.07, 6.45) is 1.80. The van der Waals surface area contributed by atoms with Gasteiger partial charge >= 0.3 is 0 Å². The molecule has 0 N–H and O–H groups in total. The molecule has 2 heterocycles. The number of nitrogens with zero attached hydrogens (tertiary/aromatic N) is 2. The smallest absolute Gasteiger partial charge is 0.142 e. The Morgan fingerprint density at radius 2 is 2.27 bits per heavy atom. The third-order valence-corrected chi connectivity index (χ3v) is 3.11. The highest BCUT2D eigenvalue weighted by Crippen LogP contribution is 2.17. The van der Waals surface area contributed by atoms with Gasteiger partial charge in [0.05, 0.1) is 12.5 Å². The Bertz CT molecular complexity index is 617. The molecule has 0 fully saturated rings. The third-order valence-electron chi connectivity index (χ3n) is 2.33. The molecule has 0 atom stereocenters. The summed E-state index contributed by atoms with van der Waals surface area (Å²) in [5.41, 5.74) is 0.989. The summed E-state index contributed by atoms with van der Waals surface area (Å²) in [5.74, 6) is 0.843. The Labute approximate surface area is 90.4 Å². The van der Waals surface area contributed by atoms with E-state index in [4.69, 9.17) is 4.74 Å². The van der Waals surface area contributed by atoms with Gasteiger partial charge in [0.25, 0.3) is 0 Å². The first-order valence-corrected chi connectivity index (χ1v) is 5.43. The molecule has 0 amide bonds. The number of rotatable bonds is 2. The summed E-state index contributed by atoms with van der Waals surface area (Å²) in [5, 5.41) is 5.08. The number of benzene rings is 1. The molecule has 4 heteroatoms. The van der Waals surface area contributed by atoms with Crippen LogP contribution in [0.3, 0.4) is 0 Å². The van der Waals surface area contributed by atoms with Gasteiger partial charge in [-0.3, -0.25) is 0 Å². The van der Waals surface area contributed by atoms with Crippen molar-refractivity contribution in [1.82, 2.24) is 4.98 Å². The van der Waals surface area contributed by atoms with Gasteiger partial charge in [0.2, 0.25) is 0 Å². The molecule has 1 aliphatic heterocycles. The second-order valence-electron chi connectivity index (χ2n) is 3.18. The summed E-state index contributed by atoms with van der Waals surface area (Å²) in [7, 11) is 1.66. The van der Waals surface area contributed by atoms with E-state index >= 15 is 0 Å². The molecule has 0 radical (unpaired) electrons. The molecule has 0 saturated heterocycles. The zero-order valence-electron chi connectivity index (χ0n) is 8.10. The molecule has 3 rings (SSSR count). The van der Waals surface area contributed by atoms with Crippen LogP contribution < -0.4 is 15.3 Å². The summed E-state index contributed by atoms with van der Waals surface area (Å²) < 4.78 is 5.13. The summed E-state index contributed by atoms with van der Waals surface area (Å²) >= 11 is 1.61. The minimum absolute atomic E-state index is 0.843. The second-order valence-corrected chi connectivity index (χ2v) is 4.08. The number of hydrogen-bond acceptors (Lipinski definition) is 4. The van der Waals surface area contributed by atoms with E-state index < -0.39 is 0 Å². The Morgan fingerprint density at radius 3 is 2.93 bits per heavy atom. The first kappa shape index (κ1) is 8.61. The van der Waals surface area contributed by atoms with Crippen LogP contribution in [0.5, 0.6) is 5.75 Å². The molecular weight excluding hydrogens is 208 g/mol. The van der Waals surface area contributed by atoms with Gasteiger partial charge in [-0.15, -0.1) is 11.3 Å². The van der Waals surface area contributed by atoms with E-state index in [2.05, 4.69) is 9.98 Å². The molecule has 0 spiro atoms. The molecule has 0 saturated carbocycles. The van der Waals surface area contributed by atoms with Crippen molar-refractivity contribution in [2.75, 3.05) is 7.11 Å². The van der Waals surface area contributed by atoms with Crippen molar-refractivity contribution in [3.05, 3.63) is 45.4 Å². The highest BCUT2D eigenvalue weighted by molar-refractivity contribution is 7.10. The number of fused-ring (bicyclic) bond motifs is 1. The summed E-state index contributed by atoms with van der Waals surface area (Å²) in [6, 6.07) is 5.91. The molecule has 1 aliphatic rings. The van der Waals surface area contributed by atoms with Crippen LogP contribution in [0.2, 0.25) is 0 Å². The molecule has 0 unspecified atom stereocenters. The third kappa shape index (κ3) is 1.26. The zero-order chi connectivity index (χ0) is 10.3. The lowest BCUT2D eigenvalue weighted by Crippen LogP contribution is -2.34. The predicted molar refractivity (Wildman–Crippen MR) is 58.4 cm³/mol. The van der Waals surface area contributed by atoms with Gasteiger partial charge in [-0.25, -0.2) is 9.98 Å². The van der Waals surface area contributed by atoms with Crippen molar-refractivity contribution < 1.29 is 4.74 Å². The number of aromatic nitrogens is 1. The Kier molecular flexibility index (Phi) is 1.82. The van der Waals surface area contributed by atoms with Gasteiger partial charge in [0, 0.05) is 22.9 Å². The average Bonchev–Trinajstić information content (AvgIpc) is 2.73. The van der Waals surface area contributed by atoms with Crippen molar-refractivity contribution in [3.63, 3.8) is 0 Å². The standard InChI is InChI=1S/C11H8N2OS/c1-14-7-2-3-8-9(6-7)13-10(8)11-12-4-5-15-11/h2-6H,1H3. The van der Waals surface area contributed by atoms with E-state index in [0.29, 0.717) is 0 Å². The Hall–Kier alpha value is -1.68. The topological polar surface area (TPSA) is 34.5 Å². The largest absolute Gasteiger partial charge is 0.497 e. The van der Waals surface area contributed by atoms with Crippen molar-refractivity contribution in [2.24, 2.45) is 4.99 Å². The van der Waals surface area contributed by atoms with Gasteiger partial charge in [0.1, 0.15) is 16.5 Å². The maximum atomic E-state index is 5.13. The van der Waals surface area contributed by atoms with Gasteiger partial charge in [0.15, 0.2) is 0 Å². The minimum atomic E-state index is 0.843. The molecule has 3 nitrogen and oxygen atoms in total. The number of methoxy groups -OCH3 is 1. The van der Waals surface area contributed by atoms with Crippen molar-refractivity contribution in [1.29, 1.82) is 0 Å². The van der Waals surface area contributed by atoms with Gasteiger partial charge in [-0.1, -0.05) is 0 Å². The molecular formula is C11H8N2OS. The fourth-order valence-corrected chi connectivity index (χ4v) is 2.20. The Balaban J connectivity index is 2.17. The molecule has 74 valence electrons. The van der Waals surface area contributed by atoms with Crippen LogP contribution in [0.1, 0.15) is 5.01 Å². The zero-order valence-corrected chi connectivity index (χ0v) is 8.91. The predicted octanol–water partition coefficient (Wildman–Crippen LogP) is 0.941. The molecule has 0 bridgehead atoms. The van der Waals surface area contributed by atoms with E-state index in [0.717, 1.165) is 27.0 Å². The van der Waals surface area contributed by atoms with Gasteiger partial charge in [-0.05, 0) is 12.1 Å². The quantitative estimate of drug-likeness (QED) is 0.748. The van der Waals surface area contributed by atoms with Gasteiger partial charge < -0.3 is 4.74 Å². The first-order valence-electron chi connectivity index (χ1n) is 4.55.